The Bertz CT molecular complexity index is 84.8. The third kappa shape index (κ3) is 4.76. The van der Waals surface area contributed by atoms with Gasteiger partial charge in [-0.05, 0) is 0 Å². The number of rotatable bonds is 6. The van der Waals surface area contributed by atoms with Crippen LogP contribution in [0, 0.1) is 0 Å². The first-order valence-electron chi connectivity index (χ1n) is 3.89. The van der Waals surface area contributed by atoms with Crippen molar-refractivity contribution in [2.45, 2.75) is 20.8 Å². The van der Waals surface area contributed by atoms with Gasteiger partial charge in [0.25, 0.3) is 0 Å². The van der Waals surface area contributed by atoms with Crippen molar-refractivity contribution in [2.24, 2.45) is 4.69 Å². The molecule has 4 nitrogen and oxygen atoms in total. The average molecular weight is 224 g/mol. The van der Waals surface area contributed by atoms with Crippen molar-refractivity contribution >= 4 is 14.5 Å². The summed E-state index contributed by atoms with van der Waals surface area (Å²) in [6, 6.07) is 0. The van der Waals surface area contributed by atoms with E-state index in [9.17, 15) is 0 Å². The summed E-state index contributed by atoms with van der Waals surface area (Å²) in [5.41, 5.74) is 0. The Kier molecular flexibility index (Phi) is 6.17. The summed E-state index contributed by atoms with van der Waals surface area (Å²) in [6.07, 6.45) is 0. The first-order valence-corrected chi connectivity index (χ1v) is 7.67. The summed E-state index contributed by atoms with van der Waals surface area (Å²) in [5, 5.41) is 0. The maximum atomic E-state index is 5.75. The van der Waals surface area contributed by atoms with Gasteiger partial charge in [0.2, 0.25) is 0 Å². The molecular weight excluding hydrogens is 207 g/mol. The molecule has 0 aliphatic rings. The van der Waals surface area contributed by atoms with E-state index in [4.69, 9.17) is 16.0 Å². The Balaban J connectivity index is 3.79. The molecule has 68 valence electrons. The van der Waals surface area contributed by atoms with E-state index in [0.29, 0.717) is 19.8 Å². The predicted molar refractivity (Wildman–Crippen MR) is 44.8 cm³/mol. The number of nitrogens with two attached hydrogens (primary N) is 1. The minimum absolute atomic E-state index is 0.552. The molecule has 0 unspecified atom stereocenters. The molecule has 0 radical (unpaired) electrons. The Labute approximate surface area is 71.6 Å². The summed E-state index contributed by atoms with van der Waals surface area (Å²) < 4.78 is 21.4. The van der Waals surface area contributed by atoms with E-state index in [-0.39, 0.29) is 0 Å². The zero-order chi connectivity index (χ0) is 8.74. The molecule has 0 saturated heterocycles. The molecule has 0 bridgehead atoms. The Morgan fingerprint density at radius 1 is 0.909 bits per heavy atom. The molecule has 0 aliphatic carbocycles. The van der Waals surface area contributed by atoms with Crippen LogP contribution < -0.4 is 4.69 Å². The van der Waals surface area contributed by atoms with Gasteiger partial charge >= 0.3 is 71.1 Å². The van der Waals surface area contributed by atoms with Crippen LogP contribution in [0.4, 0.5) is 0 Å². The van der Waals surface area contributed by atoms with Gasteiger partial charge in [-0.3, -0.25) is 0 Å². The molecule has 11 heavy (non-hydrogen) atoms. The normalized spacial score (nSPS) is 12.0. The SMILES string of the molecule is CC[O][Ge]([NH2])([O]CC)[O]CC. The molecule has 0 saturated carbocycles. The predicted octanol–water partition coefficient (Wildman–Crippen LogP) is 0.490. The minimum atomic E-state index is -3.24. The summed E-state index contributed by atoms with van der Waals surface area (Å²) in [4.78, 5) is 0. The molecule has 5 heteroatoms. The van der Waals surface area contributed by atoms with Gasteiger partial charge in [-0.2, -0.15) is 0 Å². The van der Waals surface area contributed by atoms with Crippen LogP contribution >= 0.6 is 0 Å². The summed E-state index contributed by atoms with van der Waals surface area (Å²) in [7, 11) is 0. The molecule has 0 aliphatic heterocycles. The average Bonchev–Trinajstić information content (AvgIpc) is 1.88. The van der Waals surface area contributed by atoms with Gasteiger partial charge in [0.15, 0.2) is 0 Å². The van der Waals surface area contributed by atoms with Crippen molar-refractivity contribution in [2.75, 3.05) is 19.8 Å². The molecule has 0 aromatic rings. The van der Waals surface area contributed by atoms with Gasteiger partial charge in [-0.15, -0.1) is 0 Å². The molecule has 0 spiro atoms. The van der Waals surface area contributed by atoms with Crippen molar-refractivity contribution in [1.29, 1.82) is 0 Å². The van der Waals surface area contributed by atoms with Crippen LogP contribution in [0.15, 0.2) is 0 Å². The standard InChI is InChI=1S/C6H17GeNO3/c1-4-9-7(8,10-5-2)11-6-3/h4-6,8H2,1-3H3. The van der Waals surface area contributed by atoms with Crippen LogP contribution in [0.2, 0.25) is 0 Å². The van der Waals surface area contributed by atoms with Gasteiger partial charge in [0, 0.05) is 0 Å². The van der Waals surface area contributed by atoms with Crippen molar-refractivity contribution in [1.82, 2.24) is 0 Å². The summed E-state index contributed by atoms with van der Waals surface area (Å²) in [5.74, 6) is 0. The van der Waals surface area contributed by atoms with Crippen LogP contribution in [0.25, 0.3) is 0 Å². The molecule has 0 rings (SSSR count). The maximum absolute atomic E-state index is 5.75. The Hall–Kier alpha value is 0.383. The van der Waals surface area contributed by atoms with E-state index in [2.05, 4.69) is 0 Å². The fraction of sp³-hybridized carbons (Fsp3) is 1.00. The van der Waals surface area contributed by atoms with Gasteiger partial charge in [-0.25, -0.2) is 0 Å². The van der Waals surface area contributed by atoms with Crippen molar-refractivity contribution < 1.29 is 11.3 Å². The Morgan fingerprint density at radius 3 is 1.36 bits per heavy atom. The number of hydrogen-bond donors (Lipinski definition) is 1. The van der Waals surface area contributed by atoms with Gasteiger partial charge in [0.05, 0.1) is 0 Å². The van der Waals surface area contributed by atoms with E-state index < -0.39 is 14.5 Å². The van der Waals surface area contributed by atoms with Crippen molar-refractivity contribution in [3.8, 4) is 0 Å². The van der Waals surface area contributed by atoms with E-state index in [1.165, 1.54) is 0 Å². The molecule has 0 amide bonds. The fourth-order valence-corrected chi connectivity index (χ4v) is 3.79. The van der Waals surface area contributed by atoms with E-state index >= 15 is 0 Å². The van der Waals surface area contributed by atoms with Gasteiger partial charge < -0.3 is 0 Å². The van der Waals surface area contributed by atoms with E-state index in [1.807, 2.05) is 20.8 Å². The summed E-state index contributed by atoms with van der Waals surface area (Å²) in [6.45, 7) is 7.30. The first-order chi connectivity index (χ1) is 5.18. The summed E-state index contributed by atoms with van der Waals surface area (Å²) >= 11 is -3.24. The van der Waals surface area contributed by atoms with E-state index in [0.717, 1.165) is 0 Å². The van der Waals surface area contributed by atoms with Crippen LogP contribution in [0.1, 0.15) is 20.8 Å². The number of hydrogen-bond acceptors (Lipinski definition) is 4. The van der Waals surface area contributed by atoms with Crippen LogP contribution in [0.5, 0.6) is 0 Å². The second-order valence-electron chi connectivity index (χ2n) is 1.90. The van der Waals surface area contributed by atoms with E-state index in [1.54, 1.807) is 0 Å². The van der Waals surface area contributed by atoms with Crippen molar-refractivity contribution in [3.63, 3.8) is 0 Å². The molecule has 2 N–H and O–H groups in total. The third-order valence-electron chi connectivity index (χ3n) is 1.04. The van der Waals surface area contributed by atoms with Gasteiger partial charge in [-0.1, -0.05) is 0 Å². The van der Waals surface area contributed by atoms with Gasteiger partial charge in [0.1, 0.15) is 0 Å². The third-order valence-corrected chi connectivity index (χ3v) is 5.39. The first kappa shape index (κ1) is 11.4. The second-order valence-corrected chi connectivity index (χ2v) is 6.25. The zero-order valence-electron chi connectivity index (χ0n) is 7.42. The quantitative estimate of drug-likeness (QED) is 0.667. The van der Waals surface area contributed by atoms with Crippen molar-refractivity contribution in [3.05, 3.63) is 0 Å². The fourth-order valence-electron chi connectivity index (χ4n) is 0.729. The van der Waals surface area contributed by atoms with Crippen LogP contribution in [-0.4, -0.2) is 34.3 Å². The molecule has 0 heterocycles. The topological polar surface area (TPSA) is 53.7 Å². The zero-order valence-corrected chi connectivity index (χ0v) is 9.52. The monoisotopic (exact) mass is 225 g/mol. The second kappa shape index (κ2) is 5.96. The Morgan fingerprint density at radius 2 is 1.18 bits per heavy atom. The molecule has 0 fully saturated rings. The molecule has 0 atom stereocenters. The van der Waals surface area contributed by atoms with Crippen LogP contribution in [-0.2, 0) is 11.3 Å². The molecular formula is C6H17GeNO3. The molecule has 0 aromatic carbocycles. The van der Waals surface area contributed by atoms with Crippen LogP contribution in [0.3, 0.4) is 0 Å². The molecule has 0 aromatic heterocycles.